The molecule has 4 rings (SSSR count). The second-order valence-corrected chi connectivity index (χ2v) is 9.58. The van der Waals surface area contributed by atoms with Gasteiger partial charge in [-0.2, -0.15) is 13.2 Å². The van der Waals surface area contributed by atoms with Crippen LogP contribution in [0, 0.1) is 6.92 Å². The van der Waals surface area contributed by atoms with Crippen molar-refractivity contribution in [1.29, 1.82) is 0 Å². The summed E-state index contributed by atoms with van der Waals surface area (Å²) in [7, 11) is 1.76. The number of carbonyl (C=O) groups is 2. The summed E-state index contributed by atoms with van der Waals surface area (Å²) >= 11 is 1.40. The molecule has 192 valence electrons. The SMILES string of the molecule is Cc1c(C(=O)Nc2cccc(C(F)(F)F)c2)cc(-c2ccccc2)n1CCCN(C)C(=O)c1cccs1. The molecule has 0 saturated carbocycles. The van der Waals surface area contributed by atoms with E-state index in [9.17, 15) is 22.8 Å². The van der Waals surface area contributed by atoms with Crippen molar-refractivity contribution in [1.82, 2.24) is 9.47 Å². The molecule has 0 spiro atoms. The monoisotopic (exact) mass is 525 g/mol. The van der Waals surface area contributed by atoms with Gasteiger partial charge < -0.3 is 14.8 Å². The maximum atomic E-state index is 13.1. The molecule has 0 unspecified atom stereocenters. The van der Waals surface area contributed by atoms with Crippen LogP contribution in [0.5, 0.6) is 0 Å². The number of alkyl halides is 3. The summed E-state index contributed by atoms with van der Waals surface area (Å²) in [6, 6.07) is 19.5. The van der Waals surface area contributed by atoms with Gasteiger partial charge in [0.15, 0.2) is 0 Å². The standard InChI is InChI=1S/C28H26F3N3O2S/c1-19-23(26(35)32-22-12-6-11-21(17-22)28(29,30)31)18-24(20-9-4-3-5-10-20)34(19)15-8-14-33(2)27(36)25-13-7-16-37-25/h3-7,9-13,16-18H,8,14-15H2,1-2H3,(H,32,35). The van der Waals surface area contributed by atoms with Crippen LogP contribution < -0.4 is 5.32 Å². The summed E-state index contributed by atoms with van der Waals surface area (Å²) in [6.45, 7) is 2.89. The molecule has 2 heterocycles. The highest BCUT2D eigenvalue weighted by Gasteiger charge is 2.30. The van der Waals surface area contributed by atoms with E-state index in [-0.39, 0.29) is 11.6 Å². The molecule has 0 bridgehead atoms. The first kappa shape index (κ1) is 26.2. The van der Waals surface area contributed by atoms with Gasteiger partial charge >= 0.3 is 6.18 Å². The predicted octanol–water partition coefficient (Wildman–Crippen LogP) is 6.96. The van der Waals surface area contributed by atoms with Crippen LogP contribution in [0.25, 0.3) is 11.3 Å². The Hall–Kier alpha value is -3.85. The van der Waals surface area contributed by atoms with Crippen LogP contribution in [-0.2, 0) is 12.7 Å². The van der Waals surface area contributed by atoms with E-state index in [0.29, 0.717) is 35.6 Å². The molecule has 37 heavy (non-hydrogen) atoms. The second-order valence-electron chi connectivity index (χ2n) is 8.64. The van der Waals surface area contributed by atoms with E-state index in [0.717, 1.165) is 23.4 Å². The van der Waals surface area contributed by atoms with Crippen LogP contribution in [0.2, 0.25) is 0 Å². The number of halogens is 3. The highest BCUT2D eigenvalue weighted by molar-refractivity contribution is 7.12. The van der Waals surface area contributed by atoms with Gasteiger partial charge in [-0.25, -0.2) is 0 Å². The van der Waals surface area contributed by atoms with E-state index >= 15 is 0 Å². The van der Waals surface area contributed by atoms with E-state index < -0.39 is 17.6 Å². The number of benzene rings is 2. The van der Waals surface area contributed by atoms with Crippen molar-refractivity contribution in [3.63, 3.8) is 0 Å². The lowest BCUT2D eigenvalue weighted by molar-refractivity contribution is -0.137. The molecule has 1 N–H and O–H groups in total. The number of nitrogens with one attached hydrogen (secondary N) is 1. The zero-order valence-electron chi connectivity index (χ0n) is 20.4. The lowest BCUT2D eigenvalue weighted by Crippen LogP contribution is -2.27. The molecule has 0 saturated heterocycles. The number of aromatic nitrogens is 1. The summed E-state index contributed by atoms with van der Waals surface area (Å²) in [5, 5.41) is 4.47. The fourth-order valence-electron chi connectivity index (χ4n) is 4.14. The molecular weight excluding hydrogens is 499 g/mol. The largest absolute Gasteiger partial charge is 0.416 e. The average molecular weight is 526 g/mol. The van der Waals surface area contributed by atoms with Gasteiger partial charge in [-0.1, -0.05) is 42.5 Å². The Labute approximate surface area is 217 Å². The molecule has 2 aromatic heterocycles. The normalized spacial score (nSPS) is 11.4. The van der Waals surface area contributed by atoms with E-state index in [2.05, 4.69) is 5.32 Å². The van der Waals surface area contributed by atoms with Gasteiger partial charge in [0, 0.05) is 37.2 Å². The maximum Gasteiger partial charge on any atom is 0.416 e. The highest BCUT2D eigenvalue weighted by atomic mass is 32.1. The maximum absolute atomic E-state index is 13.1. The molecular formula is C28H26F3N3O2S. The number of amides is 2. The molecule has 0 aliphatic carbocycles. The third kappa shape index (κ3) is 6.11. The molecule has 2 aromatic carbocycles. The van der Waals surface area contributed by atoms with Gasteiger partial charge in [0.1, 0.15) is 0 Å². The van der Waals surface area contributed by atoms with E-state index in [4.69, 9.17) is 0 Å². The van der Waals surface area contributed by atoms with Crippen molar-refractivity contribution in [2.45, 2.75) is 26.1 Å². The second kappa shape index (κ2) is 11.0. The zero-order chi connectivity index (χ0) is 26.6. The van der Waals surface area contributed by atoms with Gasteiger partial charge in [-0.3, -0.25) is 9.59 Å². The Balaban J connectivity index is 1.55. The lowest BCUT2D eigenvalue weighted by atomic mass is 10.1. The van der Waals surface area contributed by atoms with Crippen molar-refractivity contribution in [3.05, 3.63) is 99.9 Å². The lowest BCUT2D eigenvalue weighted by Gasteiger charge is -2.18. The van der Waals surface area contributed by atoms with Crippen molar-refractivity contribution >= 4 is 28.8 Å². The first-order valence-electron chi connectivity index (χ1n) is 11.7. The average Bonchev–Trinajstić information content (AvgIpc) is 3.52. The smallest absolute Gasteiger partial charge is 0.344 e. The summed E-state index contributed by atoms with van der Waals surface area (Å²) in [4.78, 5) is 28.1. The Bertz CT molecular complexity index is 1380. The van der Waals surface area contributed by atoms with Crippen LogP contribution in [-0.4, -0.2) is 34.9 Å². The van der Waals surface area contributed by atoms with Crippen molar-refractivity contribution in [2.75, 3.05) is 18.9 Å². The van der Waals surface area contributed by atoms with Crippen molar-refractivity contribution in [3.8, 4) is 11.3 Å². The summed E-state index contributed by atoms with van der Waals surface area (Å²) in [6.07, 6.45) is -3.85. The molecule has 0 atom stereocenters. The molecule has 5 nitrogen and oxygen atoms in total. The number of nitrogens with zero attached hydrogens (tertiary/aromatic N) is 2. The zero-order valence-corrected chi connectivity index (χ0v) is 21.2. The third-order valence-corrected chi connectivity index (χ3v) is 6.94. The summed E-state index contributed by atoms with van der Waals surface area (Å²) < 4.78 is 41.3. The minimum atomic E-state index is -4.50. The minimum absolute atomic E-state index is 0.0383. The van der Waals surface area contributed by atoms with E-state index in [1.54, 1.807) is 24.1 Å². The Morgan fingerprint density at radius 2 is 1.76 bits per heavy atom. The van der Waals surface area contributed by atoms with E-state index in [1.165, 1.54) is 23.5 Å². The molecule has 0 fully saturated rings. The quantitative estimate of drug-likeness (QED) is 0.270. The van der Waals surface area contributed by atoms with Crippen molar-refractivity contribution < 1.29 is 22.8 Å². The number of carbonyl (C=O) groups excluding carboxylic acids is 2. The molecule has 0 aliphatic rings. The number of hydrogen-bond acceptors (Lipinski definition) is 3. The van der Waals surface area contributed by atoms with E-state index in [1.807, 2.05) is 53.3 Å². The Morgan fingerprint density at radius 3 is 2.43 bits per heavy atom. The van der Waals surface area contributed by atoms with Gasteiger partial charge in [0.05, 0.1) is 16.0 Å². The molecule has 0 radical (unpaired) electrons. The Morgan fingerprint density at radius 1 is 1.00 bits per heavy atom. The number of anilines is 1. The Kier molecular flexibility index (Phi) is 7.83. The van der Waals surface area contributed by atoms with Crippen molar-refractivity contribution in [2.24, 2.45) is 0 Å². The van der Waals surface area contributed by atoms with Crippen LogP contribution in [0.1, 0.15) is 37.7 Å². The highest BCUT2D eigenvalue weighted by Crippen LogP contribution is 2.31. The van der Waals surface area contributed by atoms with Crippen LogP contribution >= 0.6 is 11.3 Å². The van der Waals surface area contributed by atoms with Crippen LogP contribution in [0.15, 0.2) is 78.2 Å². The molecule has 4 aromatic rings. The van der Waals surface area contributed by atoms with Gasteiger partial charge in [0.2, 0.25) is 0 Å². The fourth-order valence-corrected chi connectivity index (χ4v) is 4.86. The predicted molar refractivity (Wildman–Crippen MR) is 140 cm³/mol. The van der Waals surface area contributed by atoms with Crippen LogP contribution in [0.4, 0.5) is 18.9 Å². The van der Waals surface area contributed by atoms with Gasteiger partial charge in [-0.15, -0.1) is 11.3 Å². The fraction of sp³-hybridized carbons (Fsp3) is 0.214. The minimum Gasteiger partial charge on any atom is -0.344 e. The summed E-state index contributed by atoms with van der Waals surface area (Å²) in [5.41, 5.74) is 2.04. The first-order chi connectivity index (χ1) is 17.6. The topological polar surface area (TPSA) is 54.3 Å². The summed E-state index contributed by atoms with van der Waals surface area (Å²) in [5.74, 6) is -0.526. The molecule has 9 heteroatoms. The van der Waals surface area contributed by atoms with Crippen LogP contribution in [0.3, 0.4) is 0 Å². The number of hydrogen-bond donors (Lipinski definition) is 1. The van der Waals surface area contributed by atoms with Gasteiger partial charge in [0.25, 0.3) is 11.8 Å². The molecule has 0 aliphatic heterocycles. The number of rotatable bonds is 8. The van der Waals surface area contributed by atoms with Gasteiger partial charge in [-0.05, 0) is 54.6 Å². The number of thiophene rings is 1. The third-order valence-electron chi connectivity index (χ3n) is 6.08. The molecule has 2 amide bonds. The first-order valence-corrected chi connectivity index (χ1v) is 12.6.